The van der Waals surface area contributed by atoms with Crippen molar-refractivity contribution in [1.82, 2.24) is 15.6 Å². The zero-order valence-electron chi connectivity index (χ0n) is 18.1. The number of rotatable bonds is 10. The number of amides is 2. The molecule has 0 bridgehead atoms. The second-order valence-corrected chi connectivity index (χ2v) is 7.51. The predicted octanol–water partition coefficient (Wildman–Crippen LogP) is 3.27. The van der Waals surface area contributed by atoms with E-state index in [1.807, 2.05) is 31.2 Å². The number of likely N-dealkylation sites (N-methyl/N-ethyl adjacent to an activating group) is 1. The van der Waals surface area contributed by atoms with Gasteiger partial charge in [-0.1, -0.05) is 18.2 Å². The zero-order chi connectivity index (χ0) is 22.9. The normalized spacial score (nSPS) is 10.3. The summed E-state index contributed by atoms with van der Waals surface area (Å²) in [5.74, 6) is 1.15. The van der Waals surface area contributed by atoms with Gasteiger partial charge in [0.05, 0.1) is 19.8 Å². The minimum atomic E-state index is -0.280. The van der Waals surface area contributed by atoms with E-state index in [0.29, 0.717) is 34.5 Å². The van der Waals surface area contributed by atoms with Gasteiger partial charge in [0.25, 0.3) is 11.8 Å². The van der Waals surface area contributed by atoms with Crippen LogP contribution in [-0.4, -0.2) is 44.2 Å². The maximum atomic E-state index is 12.6. The van der Waals surface area contributed by atoms with Gasteiger partial charge < -0.3 is 24.8 Å². The molecule has 2 aromatic carbocycles. The minimum Gasteiger partial charge on any atom is -0.496 e. The van der Waals surface area contributed by atoms with Crippen molar-refractivity contribution in [3.63, 3.8) is 0 Å². The molecular weight excluding hydrogens is 430 g/mol. The van der Waals surface area contributed by atoms with E-state index in [0.717, 1.165) is 11.1 Å². The molecule has 2 amide bonds. The van der Waals surface area contributed by atoms with Crippen LogP contribution in [-0.2, 0) is 11.3 Å². The average molecular weight is 456 g/mol. The highest BCUT2D eigenvalue weighted by Crippen LogP contribution is 2.32. The van der Waals surface area contributed by atoms with E-state index >= 15 is 0 Å². The second-order valence-electron chi connectivity index (χ2n) is 6.65. The molecule has 0 saturated heterocycles. The highest BCUT2D eigenvalue weighted by atomic mass is 32.1. The van der Waals surface area contributed by atoms with Crippen LogP contribution in [0.3, 0.4) is 0 Å². The number of nitrogens with one attached hydrogen (secondary N) is 2. The van der Waals surface area contributed by atoms with E-state index in [1.165, 1.54) is 18.4 Å². The third kappa shape index (κ3) is 5.76. The molecule has 0 aliphatic carbocycles. The van der Waals surface area contributed by atoms with Crippen molar-refractivity contribution in [1.29, 1.82) is 0 Å². The van der Waals surface area contributed by atoms with Crippen LogP contribution in [0.1, 0.15) is 23.0 Å². The summed E-state index contributed by atoms with van der Waals surface area (Å²) in [6.45, 7) is 2.57. The third-order valence-electron chi connectivity index (χ3n) is 4.49. The van der Waals surface area contributed by atoms with E-state index in [9.17, 15) is 9.59 Å². The number of hydrogen-bond acceptors (Lipinski definition) is 7. The molecule has 0 atom stereocenters. The van der Waals surface area contributed by atoms with Gasteiger partial charge in [-0.25, -0.2) is 4.98 Å². The van der Waals surface area contributed by atoms with Gasteiger partial charge in [-0.15, -0.1) is 11.3 Å². The van der Waals surface area contributed by atoms with Gasteiger partial charge in [-0.2, -0.15) is 0 Å². The fraction of sp³-hybridized carbons (Fsp3) is 0.261. The molecule has 0 fully saturated rings. The molecule has 168 valence electrons. The number of methoxy groups -OCH3 is 2. The Morgan fingerprint density at radius 1 is 1.00 bits per heavy atom. The Morgan fingerprint density at radius 2 is 1.78 bits per heavy atom. The van der Waals surface area contributed by atoms with Crippen molar-refractivity contribution in [3.05, 3.63) is 59.1 Å². The molecular formula is C23H25N3O5S. The molecule has 0 saturated carbocycles. The highest BCUT2D eigenvalue weighted by Gasteiger charge is 2.15. The Morgan fingerprint density at radius 3 is 2.53 bits per heavy atom. The fourth-order valence-corrected chi connectivity index (χ4v) is 3.76. The van der Waals surface area contributed by atoms with Crippen molar-refractivity contribution < 1.29 is 23.8 Å². The van der Waals surface area contributed by atoms with Crippen molar-refractivity contribution >= 4 is 23.2 Å². The molecule has 32 heavy (non-hydrogen) atoms. The first kappa shape index (κ1) is 23.1. The largest absolute Gasteiger partial charge is 0.496 e. The molecule has 0 aliphatic heterocycles. The van der Waals surface area contributed by atoms with Crippen LogP contribution in [0.15, 0.2) is 47.8 Å². The molecule has 0 unspecified atom stereocenters. The highest BCUT2D eigenvalue weighted by molar-refractivity contribution is 7.13. The number of carbonyl (C=O) groups excluding carboxylic acids is 2. The number of carbonyl (C=O) groups is 2. The smallest absolute Gasteiger partial charge is 0.271 e. The second kappa shape index (κ2) is 11.1. The summed E-state index contributed by atoms with van der Waals surface area (Å²) in [4.78, 5) is 28.6. The topological polar surface area (TPSA) is 98.8 Å². The van der Waals surface area contributed by atoms with Crippen LogP contribution >= 0.6 is 11.3 Å². The van der Waals surface area contributed by atoms with Crippen molar-refractivity contribution in [2.45, 2.75) is 13.5 Å². The summed E-state index contributed by atoms with van der Waals surface area (Å²) in [5.41, 5.74) is 2.00. The average Bonchev–Trinajstić information content (AvgIpc) is 3.31. The van der Waals surface area contributed by atoms with E-state index < -0.39 is 0 Å². The Balaban J connectivity index is 1.62. The molecule has 0 aliphatic rings. The van der Waals surface area contributed by atoms with E-state index in [1.54, 1.807) is 30.7 Å². The molecule has 3 aromatic rings. The maximum Gasteiger partial charge on any atom is 0.271 e. The van der Waals surface area contributed by atoms with Crippen LogP contribution in [0, 0.1) is 0 Å². The predicted molar refractivity (Wildman–Crippen MR) is 122 cm³/mol. The third-order valence-corrected chi connectivity index (χ3v) is 5.36. The number of ether oxygens (including phenoxy) is 3. The number of para-hydroxylation sites is 1. The van der Waals surface area contributed by atoms with Gasteiger partial charge in [0.2, 0.25) is 0 Å². The number of thiazole rings is 1. The molecule has 8 nitrogen and oxygen atoms in total. The van der Waals surface area contributed by atoms with Crippen molar-refractivity contribution in [3.8, 4) is 27.8 Å². The summed E-state index contributed by atoms with van der Waals surface area (Å²) in [6, 6.07) is 12.8. The summed E-state index contributed by atoms with van der Waals surface area (Å²) in [5, 5.41) is 7.96. The lowest BCUT2D eigenvalue weighted by Gasteiger charge is -2.12. The van der Waals surface area contributed by atoms with Gasteiger partial charge in [0.15, 0.2) is 18.1 Å². The lowest BCUT2D eigenvalue weighted by atomic mass is 10.2. The molecule has 1 aromatic heterocycles. The lowest BCUT2D eigenvalue weighted by Crippen LogP contribution is -2.28. The summed E-state index contributed by atoms with van der Waals surface area (Å²) >= 11 is 1.38. The molecule has 0 spiro atoms. The number of nitrogens with zero attached hydrogens (tertiary/aromatic N) is 1. The van der Waals surface area contributed by atoms with E-state index in [4.69, 9.17) is 14.2 Å². The van der Waals surface area contributed by atoms with Crippen LogP contribution < -0.4 is 24.8 Å². The van der Waals surface area contributed by atoms with Crippen molar-refractivity contribution in [2.75, 3.05) is 27.4 Å². The quantitative estimate of drug-likeness (QED) is 0.487. The van der Waals surface area contributed by atoms with Crippen LogP contribution in [0.5, 0.6) is 17.2 Å². The monoisotopic (exact) mass is 455 g/mol. The zero-order valence-corrected chi connectivity index (χ0v) is 19.0. The lowest BCUT2D eigenvalue weighted by molar-refractivity contribution is -0.123. The Labute approximate surface area is 190 Å². The number of hydrogen-bond donors (Lipinski definition) is 2. The summed E-state index contributed by atoms with van der Waals surface area (Å²) < 4.78 is 16.2. The summed E-state index contributed by atoms with van der Waals surface area (Å²) in [6.07, 6.45) is 0. The van der Waals surface area contributed by atoms with Crippen molar-refractivity contribution in [2.24, 2.45) is 0 Å². The molecule has 9 heteroatoms. The molecule has 0 radical (unpaired) electrons. The Hall–Kier alpha value is -3.59. The van der Waals surface area contributed by atoms with Gasteiger partial charge in [0, 0.05) is 18.5 Å². The number of benzene rings is 2. The van der Waals surface area contributed by atoms with Crippen LogP contribution in [0.4, 0.5) is 0 Å². The summed E-state index contributed by atoms with van der Waals surface area (Å²) in [7, 11) is 3.12. The van der Waals surface area contributed by atoms with Gasteiger partial charge >= 0.3 is 0 Å². The first-order chi connectivity index (χ1) is 15.5. The van der Waals surface area contributed by atoms with E-state index in [2.05, 4.69) is 15.6 Å². The van der Waals surface area contributed by atoms with Gasteiger partial charge in [-0.3, -0.25) is 9.59 Å². The van der Waals surface area contributed by atoms with E-state index in [-0.39, 0.29) is 25.0 Å². The Kier molecular flexibility index (Phi) is 8.04. The number of aromatic nitrogens is 1. The van der Waals surface area contributed by atoms with Gasteiger partial charge in [0.1, 0.15) is 16.5 Å². The van der Waals surface area contributed by atoms with Crippen LogP contribution in [0.2, 0.25) is 0 Å². The molecule has 2 N–H and O–H groups in total. The fourth-order valence-electron chi connectivity index (χ4n) is 2.93. The molecule has 3 rings (SSSR count). The first-order valence-electron chi connectivity index (χ1n) is 9.99. The minimum absolute atomic E-state index is 0.0986. The standard InChI is InChI=1S/C23H25N3O5S/c1-4-24-21(27)13-31-19-10-9-15(11-20(19)30-3)12-25-22(28)17-14-32-23(26-17)16-7-5-6-8-18(16)29-2/h5-11,14H,4,12-13H2,1-3H3,(H,24,27)(H,25,28). The molecule has 1 heterocycles. The SMILES string of the molecule is CCNC(=O)COc1ccc(CNC(=O)c2csc(-c3ccccc3OC)n2)cc1OC. The first-order valence-corrected chi connectivity index (χ1v) is 10.9. The maximum absolute atomic E-state index is 12.6. The Bertz CT molecular complexity index is 1080. The van der Waals surface area contributed by atoms with Crippen LogP contribution in [0.25, 0.3) is 10.6 Å². The van der Waals surface area contributed by atoms with Gasteiger partial charge in [-0.05, 0) is 36.8 Å².